The minimum atomic E-state index is -0.0990. The number of carbonyl (C=O) groups is 1. The van der Waals surface area contributed by atoms with Crippen LogP contribution in [0.3, 0.4) is 0 Å². The van der Waals surface area contributed by atoms with Gasteiger partial charge in [0.15, 0.2) is 0 Å². The smallest absolute Gasteiger partial charge is 0.251 e. The summed E-state index contributed by atoms with van der Waals surface area (Å²) < 4.78 is 5.27. The molecule has 3 aromatic rings. The van der Waals surface area contributed by atoms with Gasteiger partial charge in [-0.05, 0) is 41.3 Å². The maximum atomic E-state index is 12.7. The number of nitrogens with zero attached hydrogens (tertiary/aromatic N) is 3. The summed E-state index contributed by atoms with van der Waals surface area (Å²) in [6.45, 7) is 4.68. The summed E-state index contributed by atoms with van der Waals surface area (Å²) >= 11 is 0. The second-order valence-corrected chi connectivity index (χ2v) is 6.72. The van der Waals surface area contributed by atoms with Crippen molar-refractivity contribution in [3.8, 4) is 16.9 Å². The summed E-state index contributed by atoms with van der Waals surface area (Å²) in [4.78, 5) is 14.2. The zero-order valence-electron chi connectivity index (χ0n) is 15.8. The lowest BCUT2D eigenvalue weighted by Gasteiger charge is -2.22. The third-order valence-electron chi connectivity index (χ3n) is 4.50. The van der Waals surface area contributed by atoms with E-state index in [-0.39, 0.29) is 17.9 Å². The minimum Gasteiger partial charge on any atom is -0.497 e. The van der Waals surface area contributed by atoms with Gasteiger partial charge in [0.2, 0.25) is 0 Å². The molecule has 1 unspecified atom stereocenters. The molecule has 0 radical (unpaired) electrons. The van der Waals surface area contributed by atoms with Crippen LogP contribution in [0.2, 0.25) is 0 Å². The predicted octanol–water partition coefficient (Wildman–Crippen LogP) is 3.41. The molecule has 6 nitrogen and oxygen atoms in total. The molecule has 0 saturated carbocycles. The van der Waals surface area contributed by atoms with E-state index in [4.69, 9.17) is 4.74 Å². The van der Waals surface area contributed by atoms with Gasteiger partial charge >= 0.3 is 0 Å². The molecule has 1 heterocycles. The first-order valence-electron chi connectivity index (χ1n) is 8.96. The molecule has 27 heavy (non-hydrogen) atoms. The summed E-state index contributed by atoms with van der Waals surface area (Å²) in [6.07, 6.45) is 3.27. The van der Waals surface area contributed by atoms with E-state index in [1.54, 1.807) is 24.3 Å². The first-order chi connectivity index (χ1) is 13.1. The summed E-state index contributed by atoms with van der Waals surface area (Å²) in [5, 5.41) is 11.3. The Balaban J connectivity index is 1.70. The number of rotatable bonds is 7. The zero-order chi connectivity index (χ0) is 19.2. The Morgan fingerprint density at radius 2 is 1.78 bits per heavy atom. The molecule has 0 bridgehead atoms. The van der Waals surface area contributed by atoms with Crippen LogP contribution in [0, 0.1) is 5.92 Å². The molecule has 6 heteroatoms. The van der Waals surface area contributed by atoms with Crippen LogP contribution >= 0.6 is 0 Å². The Morgan fingerprint density at radius 3 is 2.41 bits per heavy atom. The van der Waals surface area contributed by atoms with Gasteiger partial charge in [-0.2, -0.15) is 15.0 Å². The monoisotopic (exact) mass is 364 g/mol. The fraction of sp³-hybridized carbons (Fsp3) is 0.286. The number of methoxy groups -OCH3 is 1. The SMILES string of the molecule is COc1cccc(-c2ccc(C(=O)NC(Cn3nccn3)C(C)C)cc2)c1. The van der Waals surface area contributed by atoms with Crippen molar-refractivity contribution >= 4 is 5.91 Å². The summed E-state index contributed by atoms with van der Waals surface area (Å²) in [7, 11) is 1.65. The van der Waals surface area contributed by atoms with Crippen molar-refractivity contribution in [2.45, 2.75) is 26.4 Å². The van der Waals surface area contributed by atoms with Gasteiger partial charge in [0.1, 0.15) is 5.75 Å². The molecule has 0 fully saturated rings. The number of hydrogen-bond donors (Lipinski definition) is 1. The van der Waals surface area contributed by atoms with E-state index in [0.29, 0.717) is 12.1 Å². The largest absolute Gasteiger partial charge is 0.497 e. The molecule has 0 aliphatic heterocycles. The molecular formula is C21H24N4O2. The van der Waals surface area contributed by atoms with Crippen LogP contribution in [-0.2, 0) is 6.54 Å². The zero-order valence-corrected chi connectivity index (χ0v) is 15.8. The van der Waals surface area contributed by atoms with Gasteiger partial charge in [-0.1, -0.05) is 38.1 Å². The number of carbonyl (C=O) groups excluding carboxylic acids is 1. The molecule has 1 N–H and O–H groups in total. The molecule has 0 saturated heterocycles. The fourth-order valence-electron chi connectivity index (χ4n) is 2.81. The molecule has 3 rings (SSSR count). The summed E-state index contributed by atoms with van der Waals surface area (Å²) in [6, 6.07) is 15.4. The van der Waals surface area contributed by atoms with Crippen LogP contribution < -0.4 is 10.1 Å². The highest BCUT2D eigenvalue weighted by atomic mass is 16.5. The standard InChI is InChI=1S/C21H24N4O2/c1-15(2)20(14-25-22-11-12-23-25)24-21(26)17-9-7-16(8-10-17)18-5-4-6-19(13-18)27-3/h4-13,15,20H,14H2,1-3H3,(H,24,26). The van der Waals surface area contributed by atoms with Crippen LogP contribution in [0.1, 0.15) is 24.2 Å². The maximum absolute atomic E-state index is 12.7. The third kappa shape index (κ3) is 4.73. The van der Waals surface area contributed by atoms with Crippen LogP contribution in [0.4, 0.5) is 0 Å². The van der Waals surface area contributed by atoms with E-state index in [1.165, 1.54) is 0 Å². The second kappa shape index (κ2) is 8.49. The summed E-state index contributed by atoms with van der Waals surface area (Å²) in [5.41, 5.74) is 2.71. The topological polar surface area (TPSA) is 69.0 Å². The average Bonchev–Trinajstić information content (AvgIpc) is 3.20. The third-order valence-corrected chi connectivity index (χ3v) is 4.50. The lowest BCUT2D eigenvalue weighted by Crippen LogP contribution is -2.42. The van der Waals surface area contributed by atoms with Crippen LogP contribution in [0.15, 0.2) is 60.9 Å². The van der Waals surface area contributed by atoms with Crippen LogP contribution in [0.25, 0.3) is 11.1 Å². The quantitative estimate of drug-likeness (QED) is 0.697. The molecule has 0 aliphatic rings. The van der Waals surface area contributed by atoms with Crippen LogP contribution in [0.5, 0.6) is 5.75 Å². The molecule has 0 spiro atoms. The van der Waals surface area contributed by atoms with Gasteiger partial charge in [-0.15, -0.1) is 0 Å². The van der Waals surface area contributed by atoms with Crippen LogP contribution in [-0.4, -0.2) is 34.1 Å². The number of ether oxygens (including phenoxy) is 1. The Hall–Kier alpha value is -3.15. The summed E-state index contributed by atoms with van der Waals surface area (Å²) in [5.74, 6) is 0.968. The van der Waals surface area contributed by atoms with E-state index in [9.17, 15) is 4.79 Å². The van der Waals surface area contributed by atoms with Gasteiger partial charge in [0.05, 0.1) is 32.1 Å². The highest BCUT2D eigenvalue weighted by molar-refractivity contribution is 5.94. The number of aromatic nitrogens is 3. The number of nitrogens with one attached hydrogen (secondary N) is 1. The van der Waals surface area contributed by atoms with Crippen molar-refractivity contribution in [2.75, 3.05) is 7.11 Å². The van der Waals surface area contributed by atoms with E-state index in [1.807, 2.05) is 48.5 Å². The van der Waals surface area contributed by atoms with E-state index >= 15 is 0 Å². The molecule has 140 valence electrons. The molecular weight excluding hydrogens is 340 g/mol. The lowest BCUT2D eigenvalue weighted by atomic mass is 10.0. The number of amides is 1. The number of benzene rings is 2. The Bertz CT molecular complexity index is 873. The van der Waals surface area contributed by atoms with Crippen molar-refractivity contribution in [1.29, 1.82) is 0 Å². The molecule has 1 amide bonds. The Labute approximate surface area is 159 Å². The van der Waals surface area contributed by atoms with E-state index in [0.717, 1.165) is 16.9 Å². The highest BCUT2D eigenvalue weighted by Gasteiger charge is 2.18. The van der Waals surface area contributed by atoms with Crippen molar-refractivity contribution in [3.63, 3.8) is 0 Å². The highest BCUT2D eigenvalue weighted by Crippen LogP contribution is 2.24. The van der Waals surface area contributed by atoms with Gasteiger partial charge < -0.3 is 10.1 Å². The first-order valence-corrected chi connectivity index (χ1v) is 8.96. The molecule has 1 aromatic heterocycles. The Morgan fingerprint density at radius 1 is 1.07 bits per heavy atom. The first kappa shape index (κ1) is 18.6. The molecule has 0 aliphatic carbocycles. The van der Waals surface area contributed by atoms with Crippen molar-refractivity contribution in [3.05, 3.63) is 66.5 Å². The molecule has 2 aromatic carbocycles. The lowest BCUT2D eigenvalue weighted by molar-refractivity contribution is 0.0918. The van der Waals surface area contributed by atoms with Gasteiger partial charge in [0.25, 0.3) is 5.91 Å². The number of hydrogen-bond acceptors (Lipinski definition) is 4. The van der Waals surface area contributed by atoms with Crippen molar-refractivity contribution in [2.24, 2.45) is 5.92 Å². The van der Waals surface area contributed by atoms with Gasteiger partial charge in [-0.3, -0.25) is 4.79 Å². The van der Waals surface area contributed by atoms with E-state index < -0.39 is 0 Å². The van der Waals surface area contributed by atoms with Gasteiger partial charge in [-0.25, -0.2) is 0 Å². The maximum Gasteiger partial charge on any atom is 0.251 e. The van der Waals surface area contributed by atoms with E-state index in [2.05, 4.69) is 29.4 Å². The molecule has 1 atom stereocenters. The fourth-order valence-corrected chi connectivity index (χ4v) is 2.81. The normalized spacial score (nSPS) is 12.0. The Kier molecular flexibility index (Phi) is 5.86. The average molecular weight is 364 g/mol. The minimum absolute atomic E-state index is 0.0528. The van der Waals surface area contributed by atoms with Crippen molar-refractivity contribution < 1.29 is 9.53 Å². The van der Waals surface area contributed by atoms with Crippen molar-refractivity contribution in [1.82, 2.24) is 20.3 Å². The predicted molar refractivity (Wildman–Crippen MR) is 105 cm³/mol. The second-order valence-electron chi connectivity index (χ2n) is 6.72. The van der Waals surface area contributed by atoms with Gasteiger partial charge in [0, 0.05) is 5.56 Å².